The summed E-state index contributed by atoms with van der Waals surface area (Å²) in [7, 11) is 3.38. The highest BCUT2D eigenvalue weighted by Gasteiger charge is 2.10. The molecule has 84 valence electrons. The van der Waals surface area contributed by atoms with Crippen LogP contribution in [-0.2, 0) is 23.0 Å². The van der Waals surface area contributed by atoms with Gasteiger partial charge >= 0.3 is 0 Å². The molecule has 0 aliphatic carbocycles. The van der Waals surface area contributed by atoms with Crippen molar-refractivity contribution >= 4 is 5.91 Å². The van der Waals surface area contributed by atoms with Crippen molar-refractivity contribution in [2.24, 2.45) is 7.05 Å². The van der Waals surface area contributed by atoms with Crippen LogP contribution in [0.15, 0.2) is 6.33 Å². The van der Waals surface area contributed by atoms with Gasteiger partial charge in [0.05, 0.1) is 0 Å². The van der Waals surface area contributed by atoms with Crippen LogP contribution in [0.1, 0.15) is 12.7 Å². The van der Waals surface area contributed by atoms with Gasteiger partial charge < -0.3 is 14.6 Å². The molecular formula is C9H16N4O2. The fraction of sp³-hybridized carbons (Fsp3) is 0.667. The van der Waals surface area contributed by atoms with Crippen LogP contribution in [0.2, 0.25) is 0 Å². The molecule has 0 fully saturated rings. The summed E-state index contributed by atoms with van der Waals surface area (Å²) < 4.78 is 6.70. The van der Waals surface area contributed by atoms with E-state index in [-0.39, 0.29) is 5.91 Å². The Morgan fingerprint density at radius 1 is 1.73 bits per heavy atom. The third-order valence-corrected chi connectivity index (χ3v) is 2.18. The molecule has 1 unspecified atom stereocenters. The Morgan fingerprint density at radius 2 is 2.47 bits per heavy atom. The summed E-state index contributed by atoms with van der Waals surface area (Å²) in [6.45, 7) is 2.25. The van der Waals surface area contributed by atoms with E-state index in [4.69, 9.17) is 4.74 Å². The first kappa shape index (κ1) is 11.6. The quantitative estimate of drug-likeness (QED) is 0.715. The predicted octanol–water partition coefficient (Wildman–Crippen LogP) is -0.491. The third-order valence-electron chi connectivity index (χ3n) is 2.18. The first-order valence-corrected chi connectivity index (χ1v) is 4.78. The lowest BCUT2D eigenvalue weighted by atomic mass is 10.3. The highest BCUT2D eigenvalue weighted by molar-refractivity contribution is 5.80. The highest BCUT2D eigenvalue weighted by Crippen LogP contribution is 1.92. The van der Waals surface area contributed by atoms with Crippen molar-refractivity contribution in [3.8, 4) is 0 Å². The Morgan fingerprint density at radius 3 is 3.00 bits per heavy atom. The van der Waals surface area contributed by atoms with E-state index in [9.17, 15) is 4.79 Å². The molecule has 1 rings (SSSR count). The number of amides is 1. The lowest BCUT2D eigenvalue weighted by Gasteiger charge is -2.09. The minimum absolute atomic E-state index is 0.111. The van der Waals surface area contributed by atoms with Crippen LogP contribution in [0.4, 0.5) is 0 Å². The second kappa shape index (κ2) is 5.45. The maximum atomic E-state index is 11.3. The van der Waals surface area contributed by atoms with Crippen LogP contribution in [0.5, 0.6) is 0 Å². The summed E-state index contributed by atoms with van der Waals surface area (Å²) >= 11 is 0. The van der Waals surface area contributed by atoms with Crippen molar-refractivity contribution in [3.63, 3.8) is 0 Å². The second-order valence-corrected chi connectivity index (χ2v) is 3.28. The van der Waals surface area contributed by atoms with Crippen LogP contribution < -0.4 is 5.32 Å². The molecule has 0 radical (unpaired) electrons. The van der Waals surface area contributed by atoms with E-state index in [1.165, 1.54) is 7.11 Å². The van der Waals surface area contributed by atoms with Gasteiger partial charge in [-0.1, -0.05) is 0 Å². The van der Waals surface area contributed by atoms with Crippen LogP contribution >= 0.6 is 0 Å². The first-order chi connectivity index (χ1) is 7.15. The van der Waals surface area contributed by atoms with Crippen molar-refractivity contribution in [1.29, 1.82) is 0 Å². The Balaban J connectivity index is 2.28. The van der Waals surface area contributed by atoms with Gasteiger partial charge in [-0.3, -0.25) is 4.79 Å². The number of nitrogens with one attached hydrogen (secondary N) is 1. The van der Waals surface area contributed by atoms with Gasteiger partial charge in [0.1, 0.15) is 18.3 Å². The zero-order valence-corrected chi connectivity index (χ0v) is 9.23. The number of methoxy groups -OCH3 is 1. The van der Waals surface area contributed by atoms with Crippen molar-refractivity contribution in [3.05, 3.63) is 12.2 Å². The van der Waals surface area contributed by atoms with Crippen LogP contribution in [-0.4, -0.2) is 40.4 Å². The highest BCUT2D eigenvalue weighted by atomic mass is 16.5. The lowest BCUT2D eigenvalue weighted by Crippen LogP contribution is -2.35. The Hall–Kier alpha value is -1.43. The summed E-state index contributed by atoms with van der Waals surface area (Å²) in [6.07, 6.45) is 1.89. The normalized spacial score (nSPS) is 12.5. The molecule has 6 heteroatoms. The summed E-state index contributed by atoms with van der Waals surface area (Å²) in [6, 6.07) is 0. The molecule has 0 aromatic carbocycles. The fourth-order valence-corrected chi connectivity index (χ4v) is 1.08. The zero-order chi connectivity index (χ0) is 11.3. The van der Waals surface area contributed by atoms with Gasteiger partial charge in [-0.25, -0.2) is 0 Å². The largest absolute Gasteiger partial charge is 0.372 e. The molecule has 0 saturated heterocycles. The molecule has 1 heterocycles. The first-order valence-electron chi connectivity index (χ1n) is 4.78. The average molecular weight is 212 g/mol. The molecule has 0 spiro atoms. The molecule has 1 aromatic heterocycles. The SMILES string of the molecule is COC(C)C(=O)NCCc1nncn1C. The Bertz CT molecular complexity index is 324. The summed E-state index contributed by atoms with van der Waals surface area (Å²) in [4.78, 5) is 11.3. The zero-order valence-electron chi connectivity index (χ0n) is 9.23. The van der Waals surface area contributed by atoms with Gasteiger partial charge in [-0.2, -0.15) is 0 Å². The molecule has 0 aliphatic heterocycles. The molecule has 6 nitrogen and oxygen atoms in total. The van der Waals surface area contributed by atoms with Gasteiger partial charge in [0.15, 0.2) is 0 Å². The van der Waals surface area contributed by atoms with Gasteiger partial charge in [0.25, 0.3) is 0 Å². The van der Waals surface area contributed by atoms with Crippen LogP contribution in [0, 0.1) is 0 Å². The van der Waals surface area contributed by atoms with E-state index in [2.05, 4.69) is 15.5 Å². The second-order valence-electron chi connectivity index (χ2n) is 3.28. The number of carbonyl (C=O) groups excluding carboxylic acids is 1. The molecule has 0 saturated carbocycles. The Labute approximate surface area is 88.6 Å². The fourth-order valence-electron chi connectivity index (χ4n) is 1.08. The molecule has 0 aliphatic rings. The predicted molar refractivity (Wildman–Crippen MR) is 54.2 cm³/mol. The van der Waals surface area contributed by atoms with E-state index < -0.39 is 6.10 Å². The maximum absolute atomic E-state index is 11.3. The van der Waals surface area contributed by atoms with Gasteiger partial charge in [-0.05, 0) is 6.92 Å². The van der Waals surface area contributed by atoms with E-state index in [0.29, 0.717) is 13.0 Å². The monoisotopic (exact) mass is 212 g/mol. The standard InChI is InChI=1S/C9H16N4O2/c1-7(15-3)9(14)10-5-4-8-12-11-6-13(8)2/h6-7H,4-5H2,1-3H3,(H,10,14). The number of hydrogen-bond donors (Lipinski definition) is 1. The average Bonchev–Trinajstić information content (AvgIpc) is 2.63. The van der Waals surface area contributed by atoms with Crippen LogP contribution in [0.25, 0.3) is 0 Å². The molecular weight excluding hydrogens is 196 g/mol. The van der Waals surface area contributed by atoms with E-state index in [1.54, 1.807) is 13.3 Å². The third kappa shape index (κ3) is 3.32. The molecule has 1 N–H and O–H groups in total. The van der Waals surface area contributed by atoms with Gasteiger partial charge in [-0.15, -0.1) is 10.2 Å². The molecule has 1 atom stereocenters. The summed E-state index contributed by atoms with van der Waals surface area (Å²) in [5.41, 5.74) is 0. The minimum Gasteiger partial charge on any atom is -0.372 e. The smallest absolute Gasteiger partial charge is 0.248 e. The number of hydrogen-bond acceptors (Lipinski definition) is 4. The summed E-state index contributed by atoms with van der Waals surface area (Å²) in [5, 5.41) is 10.4. The van der Waals surface area contributed by atoms with Crippen molar-refractivity contribution in [2.45, 2.75) is 19.4 Å². The van der Waals surface area contributed by atoms with E-state index in [0.717, 1.165) is 5.82 Å². The summed E-state index contributed by atoms with van der Waals surface area (Å²) in [5.74, 6) is 0.736. The topological polar surface area (TPSA) is 69.0 Å². The molecule has 15 heavy (non-hydrogen) atoms. The van der Waals surface area contributed by atoms with Crippen molar-refractivity contribution in [2.75, 3.05) is 13.7 Å². The van der Waals surface area contributed by atoms with Gasteiger partial charge in [0.2, 0.25) is 5.91 Å². The number of carbonyl (C=O) groups is 1. The number of aromatic nitrogens is 3. The maximum Gasteiger partial charge on any atom is 0.248 e. The molecule has 0 bridgehead atoms. The number of rotatable bonds is 5. The van der Waals surface area contributed by atoms with Gasteiger partial charge in [0, 0.05) is 27.1 Å². The molecule has 1 amide bonds. The number of ether oxygens (including phenoxy) is 1. The Kier molecular flexibility index (Phi) is 4.23. The number of aryl methyl sites for hydroxylation is 1. The van der Waals surface area contributed by atoms with E-state index in [1.807, 2.05) is 11.6 Å². The molecule has 1 aromatic rings. The van der Waals surface area contributed by atoms with Crippen molar-refractivity contribution < 1.29 is 9.53 Å². The van der Waals surface area contributed by atoms with E-state index >= 15 is 0 Å². The van der Waals surface area contributed by atoms with Crippen molar-refractivity contribution in [1.82, 2.24) is 20.1 Å². The minimum atomic E-state index is -0.413. The lowest BCUT2D eigenvalue weighted by molar-refractivity contribution is -0.129. The van der Waals surface area contributed by atoms with Crippen LogP contribution in [0.3, 0.4) is 0 Å². The number of nitrogens with zero attached hydrogens (tertiary/aromatic N) is 3.